The molecule has 0 aliphatic rings. The third kappa shape index (κ3) is 4.22. The number of halogens is 1. The number of unbranched alkanes of at least 4 members (excludes halogenated alkanes) is 1. The van der Waals surface area contributed by atoms with Gasteiger partial charge in [-0.2, -0.15) is 0 Å². The summed E-state index contributed by atoms with van der Waals surface area (Å²) in [7, 11) is 0. The first-order valence-electron chi connectivity index (χ1n) is 9.63. The number of benzene rings is 3. The van der Waals surface area contributed by atoms with E-state index in [-0.39, 0.29) is 11.9 Å². The highest BCUT2D eigenvalue weighted by atomic mass is 79.9. The number of hydrogen-bond acceptors (Lipinski definition) is 5. The lowest BCUT2D eigenvalue weighted by molar-refractivity contribution is 0.0500. The van der Waals surface area contributed by atoms with E-state index >= 15 is 0 Å². The average Bonchev–Trinajstić information content (AvgIpc) is 3.15. The van der Waals surface area contributed by atoms with Crippen LogP contribution in [-0.2, 0) is 4.74 Å². The molecule has 3 aromatic carbocycles. The summed E-state index contributed by atoms with van der Waals surface area (Å²) in [6, 6.07) is 16.6. The van der Waals surface area contributed by atoms with Gasteiger partial charge in [-0.1, -0.05) is 64.9 Å². The summed E-state index contributed by atoms with van der Waals surface area (Å²) in [5.41, 5.74) is 1.79. The Morgan fingerprint density at radius 1 is 1.10 bits per heavy atom. The van der Waals surface area contributed by atoms with E-state index in [2.05, 4.69) is 26.2 Å². The van der Waals surface area contributed by atoms with Crippen LogP contribution in [0.4, 0.5) is 5.13 Å². The molecule has 1 amide bonds. The van der Waals surface area contributed by atoms with Crippen LogP contribution in [0.2, 0.25) is 0 Å². The Balaban J connectivity index is 1.56. The Labute approximate surface area is 186 Å². The summed E-state index contributed by atoms with van der Waals surface area (Å²) in [6.07, 6.45) is 1.81. The van der Waals surface area contributed by atoms with Gasteiger partial charge >= 0.3 is 5.97 Å². The number of ether oxygens (including phenoxy) is 1. The summed E-state index contributed by atoms with van der Waals surface area (Å²) in [6.45, 7) is 2.46. The molecule has 0 saturated carbocycles. The van der Waals surface area contributed by atoms with Crippen molar-refractivity contribution in [3.05, 3.63) is 70.2 Å². The molecule has 0 aliphatic carbocycles. The van der Waals surface area contributed by atoms with Crippen LogP contribution in [0, 0.1) is 0 Å². The quantitative estimate of drug-likeness (QED) is 0.254. The highest BCUT2D eigenvalue weighted by Gasteiger charge is 2.15. The summed E-state index contributed by atoms with van der Waals surface area (Å²) in [5, 5.41) is 5.21. The van der Waals surface area contributed by atoms with Crippen molar-refractivity contribution in [2.45, 2.75) is 19.8 Å². The lowest BCUT2D eigenvalue weighted by Gasteiger charge is -2.07. The largest absolute Gasteiger partial charge is 0.462 e. The minimum atomic E-state index is -0.342. The second kappa shape index (κ2) is 8.93. The molecule has 0 fully saturated rings. The van der Waals surface area contributed by atoms with Crippen molar-refractivity contribution in [3.8, 4) is 0 Å². The Kier molecular flexibility index (Phi) is 6.11. The number of carbonyl (C=O) groups is 2. The van der Waals surface area contributed by atoms with Crippen molar-refractivity contribution in [1.82, 2.24) is 4.98 Å². The van der Waals surface area contributed by atoms with Crippen molar-refractivity contribution in [2.24, 2.45) is 0 Å². The van der Waals surface area contributed by atoms with E-state index in [4.69, 9.17) is 4.74 Å². The predicted molar refractivity (Wildman–Crippen MR) is 124 cm³/mol. The van der Waals surface area contributed by atoms with E-state index in [1.807, 2.05) is 37.3 Å². The molecule has 0 radical (unpaired) electrons. The van der Waals surface area contributed by atoms with Gasteiger partial charge in [-0.25, -0.2) is 9.78 Å². The van der Waals surface area contributed by atoms with Crippen LogP contribution in [0.5, 0.6) is 0 Å². The summed E-state index contributed by atoms with van der Waals surface area (Å²) >= 11 is 4.86. The summed E-state index contributed by atoms with van der Waals surface area (Å²) < 4.78 is 7.02. The van der Waals surface area contributed by atoms with Crippen molar-refractivity contribution in [3.63, 3.8) is 0 Å². The van der Waals surface area contributed by atoms with Crippen LogP contribution < -0.4 is 5.32 Å². The zero-order chi connectivity index (χ0) is 21.1. The molecule has 0 saturated heterocycles. The first-order valence-corrected chi connectivity index (χ1v) is 11.2. The summed E-state index contributed by atoms with van der Waals surface area (Å²) in [5.74, 6) is -0.567. The van der Waals surface area contributed by atoms with Gasteiger partial charge in [0.25, 0.3) is 5.91 Å². The maximum atomic E-state index is 12.9. The molecule has 30 heavy (non-hydrogen) atoms. The minimum absolute atomic E-state index is 0.225. The van der Waals surface area contributed by atoms with Crippen molar-refractivity contribution >= 4 is 65.3 Å². The first-order chi connectivity index (χ1) is 14.6. The van der Waals surface area contributed by atoms with Crippen molar-refractivity contribution in [1.29, 1.82) is 0 Å². The standard InChI is InChI=1S/C23H19BrN2O3S/c1-2-3-12-29-22(28)14-10-11-19-20(13-14)30-23(25-19)26-21(27)17-8-4-7-16-15(17)6-5-9-18(16)24/h4-11,13H,2-3,12H2,1H3,(H,25,26,27). The number of amides is 1. The second-order valence-corrected chi connectivity index (χ2v) is 8.67. The number of fused-ring (bicyclic) bond motifs is 2. The fraction of sp³-hybridized carbons (Fsp3) is 0.174. The van der Waals surface area contributed by atoms with Crippen LogP contribution in [0.15, 0.2) is 59.1 Å². The molecular formula is C23H19BrN2O3S. The number of thiazole rings is 1. The number of hydrogen-bond donors (Lipinski definition) is 1. The van der Waals surface area contributed by atoms with Crippen molar-refractivity contribution in [2.75, 3.05) is 11.9 Å². The molecule has 152 valence electrons. The smallest absolute Gasteiger partial charge is 0.338 e. The van der Waals surface area contributed by atoms with Gasteiger partial charge in [-0.3, -0.25) is 10.1 Å². The Bertz CT molecular complexity index is 1250. The molecule has 1 N–H and O–H groups in total. The van der Waals surface area contributed by atoms with Gasteiger partial charge in [0.2, 0.25) is 0 Å². The van der Waals surface area contributed by atoms with Crippen LogP contribution >= 0.6 is 27.3 Å². The number of esters is 1. The number of anilines is 1. The molecule has 0 aliphatic heterocycles. The molecular weight excluding hydrogens is 464 g/mol. The topological polar surface area (TPSA) is 68.3 Å². The lowest BCUT2D eigenvalue weighted by atomic mass is 10.0. The van der Waals surface area contributed by atoms with E-state index in [1.165, 1.54) is 11.3 Å². The number of rotatable bonds is 6. The van der Waals surface area contributed by atoms with Crippen LogP contribution in [0.1, 0.15) is 40.5 Å². The van der Waals surface area contributed by atoms with Gasteiger partial charge < -0.3 is 4.74 Å². The molecule has 0 unspecified atom stereocenters. The Morgan fingerprint density at radius 2 is 1.90 bits per heavy atom. The van der Waals surface area contributed by atoms with Crippen molar-refractivity contribution < 1.29 is 14.3 Å². The average molecular weight is 483 g/mol. The third-order valence-electron chi connectivity index (χ3n) is 4.69. The lowest BCUT2D eigenvalue weighted by Crippen LogP contribution is -2.12. The number of nitrogens with zero attached hydrogens (tertiary/aromatic N) is 1. The van der Waals surface area contributed by atoms with Crippen LogP contribution in [-0.4, -0.2) is 23.5 Å². The summed E-state index contributed by atoms with van der Waals surface area (Å²) in [4.78, 5) is 29.6. The van der Waals surface area contributed by atoms with E-state index in [9.17, 15) is 9.59 Å². The molecule has 5 nitrogen and oxygen atoms in total. The molecule has 0 spiro atoms. The molecule has 0 atom stereocenters. The zero-order valence-electron chi connectivity index (χ0n) is 16.3. The first kappa shape index (κ1) is 20.5. The van der Waals surface area contributed by atoms with Gasteiger partial charge in [0, 0.05) is 10.0 Å². The van der Waals surface area contributed by atoms with Gasteiger partial charge in [0.05, 0.1) is 22.4 Å². The monoisotopic (exact) mass is 482 g/mol. The molecule has 7 heteroatoms. The molecule has 1 aromatic heterocycles. The maximum Gasteiger partial charge on any atom is 0.338 e. The van der Waals surface area contributed by atoms with Gasteiger partial charge in [0.1, 0.15) is 0 Å². The number of nitrogens with one attached hydrogen (secondary N) is 1. The van der Waals surface area contributed by atoms with E-state index < -0.39 is 0 Å². The van der Waals surface area contributed by atoms with Crippen LogP contribution in [0.3, 0.4) is 0 Å². The fourth-order valence-electron chi connectivity index (χ4n) is 3.13. The van der Waals surface area contributed by atoms with Gasteiger partial charge in [-0.15, -0.1) is 0 Å². The second-order valence-electron chi connectivity index (χ2n) is 6.79. The molecule has 4 rings (SSSR count). The highest BCUT2D eigenvalue weighted by molar-refractivity contribution is 9.10. The number of aromatic nitrogens is 1. The molecule has 4 aromatic rings. The number of carbonyl (C=O) groups excluding carboxylic acids is 2. The van der Waals surface area contributed by atoms with E-state index in [0.29, 0.717) is 22.9 Å². The third-order valence-corrected chi connectivity index (χ3v) is 6.31. The molecule has 0 bridgehead atoms. The highest BCUT2D eigenvalue weighted by Crippen LogP contribution is 2.30. The fourth-order valence-corrected chi connectivity index (χ4v) is 4.53. The minimum Gasteiger partial charge on any atom is -0.462 e. The van der Waals surface area contributed by atoms with Gasteiger partial charge in [-0.05, 0) is 47.5 Å². The predicted octanol–water partition coefficient (Wildman–Crippen LogP) is 6.42. The maximum absolute atomic E-state index is 12.9. The van der Waals surface area contributed by atoms with Gasteiger partial charge in [0.15, 0.2) is 5.13 Å². The van der Waals surface area contributed by atoms with E-state index in [0.717, 1.165) is 38.3 Å². The van der Waals surface area contributed by atoms with E-state index in [1.54, 1.807) is 24.3 Å². The SMILES string of the molecule is CCCCOC(=O)c1ccc2nc(NC(=O)c3cccc4c(Br)cccc34)sc2c1. The normalized spacial score (nSPS) is 11.0. The van der Waals surface area contributed by atoms with Crippen LogP contribution in [0.25, 0.3) is 21.0 Å². The zero-order valence-corrected chi connectivity index (χ0v) is 18.7. The molecule has 1 heterocycles. The Morgan fingerprint density at radius 3 is 2.73 bits per heavy atom. The Hall–Kier alpha value is -2.77.